The predicted octanol–water partition coefficient (Wildman–Crippen LogP) is 2.90. The van der Waals surface area contributed by atoms with Crippen LogP contribution in [0.2, 0.25) is 15.1 Å². The molecule has 4 nitrogen and oxygen atoms in total. The van der Waals surface area contributed by atoms with Crippen LogP contribution in [-0.2, 0) is 9.59 Å². The second-order valence-electron chi connectivity index (χ2n) is 2.87. The molecule has 86 valence electrons. The molecule has 0 aliphatic rings. The molecule has 0 fully saturated rings. The van der Waals surface area contributed by atoms with E-state index in [1.165, 1.54) is 12.1 Å². The highest BCUT2D eigenvalue weighted by Crippen LogP contribution is 2.36. The molecule has 1 rings (SSSR count). The monoisotopic (exact) mass is 282 g/mol. The third-order valence-electron chi connectivity index (χ3n) is 1.87. The van der Waals surface area contributed by atoms with Crippen molar-refractivity contribution in [1.82, 2.24) is 0 Å². The highest BCUT2D eigenvalue weighted by Gasteiger charge is 2.30. The number of carbonyl (C=O) groups is 2. The molecule has 0 aliphatic carbocycles. The lowest BCUT2D eigenvalue weighted by Gasteiger charge is -2.11. The number of benzene rings is 1. The first kappa shape index (κ1) is 13.1. The summed E-state index contributed by atoms with van der Waals surface area (Å²) in [7, 11) is 0. The van der Waals surface area contributed by atoms with Crippen molar-refractivity contribution in [1.29, 1.82) is 0 Å². The SMILES string of the molecule is O=C(O)C(C(=O)O)c1ccc(Cl)c(Cl)c1Cl. The van der Waals surface area contributed by atoms with E-state index in [-0.39, 0.29) is 20.6 Å². The first-order valence-corrected chi connectivity index (χ1v) is 5.08. The molecule has 1 aromatic rings. The largest absolute Gasteiger partial charge is 0.480 e. The molecule has 1 aromatic carbocycles. The zero-order chi connectivity index (χ0) is 12.5. The van der Waals surface area contributed by atoms with Gasteiger partial charge in [-0.3, -0.25) is 9.59 Å². The molecule has 0 aliphatic heterocycles. The van der Waals surface area contributed by atoms with Crippen LogP contribution in [0.3, 0.4) is 0 Å². The lowest BCUT2D eigenvalue weighted by molar-refractivity contribution is -0.150. The molecule has 0 aromatic heterocycles. The van der Waals surface area contributed by atoms with Crippen molar-refractivity contribution in [2.75, 3.05) is 0 Å². The summed E-state index contributed by atoms with van der Waals surface area (Å²) in [4.78, 5) is 21.5. The number of aliphatic carboxylic acids is 2. The van der Waals surface area contributed by atoms with Crippen LogP contribution in [0.1, 0.15) is 11.5 Å². The van der Waals surface area contributed by atoms with E-state index in [0.29, 0.717) is 0 Å². The Morgan fingerprint density at radius 1 is 1.00 bits per heavy atom. The summed E-state index contributed by atoms with van der Waals surface area (Å²) < 4.78 is 0. The maximum absolute atomic E-state index is 10.8. The van der Waals surface area contributed by atoms with Crippen LogP contribution in [0, 0.1) is 0 Å². The van der Waals surface area contributed by atoms with Gasteiger partial charge >= 0.3 is 11.9 Å². The number of carboxylic acid groups (broad SMARTS) is 2. The Labute approximate surface area is 105 Å². The first-order chi connectivity index (χ1) is 7.36. The number of carboxylic acids is 2. The summed E-state index contributed by atoms with van der Waals surface area (Å²) in [5.41, 5.74) is -0.101. The van der Waals surface area contributed by atoms with Crippen LogP contribution in [0.4, 0.5) is 0 Å². The zero-order valence-corrected chi connectivity index (χ0v) is 9.84. The molecule has 0 atom stereocenters. The van der Waals surface area contributed by atoms with Crippen molar-refractivity contribution >= 4 is 46.7 Å². The minimum Gasteiger partial charge on any atom is -0.480 e. The van der Waals surface area contributed by atoms with Crippen molar-refractivity contribution < 1.29 is 19.8 Å². The van der Waals surface area contributed by atoms with Gasteiger partial charge < -0.3 is 10.2 Å². The summed E-state index contributed by atoms with van der Waals surface area (Å²) in [6.07, 6.45) is 0. The molecule has 7 heteroatoms. The topological polar surface area (TPSA) is 74.6 Å². The second kappa shape index (κ2) is 4.91. The smallest absolute Gasteiger partial charge is 0.322 e. The van der Waals surface area contributed by atoms with Gasteiger partial charge in [-0.1, -0.05) is 40.9 Å². The molecule has 0 unspecified atom stereocenters. The van der Waals surface area contributed by atoms with Gasteiger partial charge in [-0.05, 0) is 11.6 Å². The fourth-order valence-electron chi connectivity index (χ4n) is 1.14. The average molecular weight is 283 g/mol. The minimum atomic E-state index is -1.76. The number of hydrogen-bond acceptors (Lipinski definition) is 2. The molecule has 0 heterocycles. The van der Waals surface area contributed by atoms with Gasteiger partial charge in [0.1, 0.15) is 0 Å². The van der Waals surface area contributed by atoms with E-state index in [9.17, 15) is 9.59 Å². The predicted molar refractivity (Wildman–Crippen MR) is 59.5 cm³/mol. The van der Waals surface area contributed by atoms with E-state index in [0.717, 1.165) is 0 Å². The summed E-state index contributed by atoms with van der Waals surface area (Å²) in [5, 5.41) is 17.4. The lowest BCUT2D eigenvalue weighted by atomic mass is 9.99. The fraction of sp³-hybridized carbons (Fsp3) is 0.111. The van der Waals surface area contributed by atoms with Crippen molar-refractivity contribution in [3.05, 3.63) is 32.8 Å². The maximum Gasteiger partial charge on any atom is 0.322 e. The van der Waals surface area contributed by atoms with Crippen molar-refractivity contribution in [3.63, 3.8) is 0 Å². The highest BCUT2D eigenvalue weighted by molar-refractivity contribution is 6.48. The molecule has 16 heavy (non-hydrogen) atoms. The Morgan fingerprint density at radius 2 is 1.50 bits per heavy atom. The van der Waals surface area contributed by atoms with Gasteiger partial charge in [0, 0.05) is 0 Å². The standard InChI is InChI=1S/C9H5Cl3O4/c10-4-2-1-3(6(11)7(4)12)5(8(13)14)9(15)16/h1-2,5H,(H,13,14)(H,15,16). The lowest BCUT2D eigenvalue weighted by Crippen LogP contribution is -2.21. The van der Waals surface area contributed by atoms with E-state index in [2.05, 4.69) is 0 Å². The van der Waals surface area contributed by atoms with Gasteiger partial charge in [-0.25, -0.2) is 0 Å². The highest BCUT2D eigenvalue weighted by atomic mass is 35.5. The second-order valence-corrected chi connectivity index (χ2v) is 4.04. The van der Waals surface area contributed by atoms with E-state index in [1.54, 1.807) is 0 Å². The first-order valence-electron chi connectivity index (χ1n) is 3.95. The summed E-state index contributed by atoms with van der Waals surface area (Å²) in [6, 6.07) is 2.52. The Morgan fingerprint density at radius 3 is 1.94 bits per heavy atom. The van der Waals surface area contributed by atoms with Gasteiger partial charge in [0.05, 0.1) is 15.1 Å². The van der Waals surface area contributed by atoms with E-state index in [4.69, 9.17) is 45.0 Å². The molecular formula is C9H5Cl3O4. The summed E-state index contributed by atoms with van der Waals surface area (Å²) in [6.45, 7) is 0. The average Bonchev–Trinajstić information content (AvgIpc) is 2.17. The van der Waals surface area contributed by atoms with Crippen LogP contribution in [0.5, 0.6) is 0 Å². The molecule has 0 bridgehead atoms. The van der Waals surface area contributed by atoms with Gasteiger partial charge in [0.15, 0.2) is 5.92 Å². The molecular weight excluding hydrogens is 278 g/mol. The van der Waals surface area contributed by atoms with E-state index in [1.807, 2.05) is 0 Å². The summed E-state index contributed by atoms with van der Waals surface area (Å²) >= 11 is 17.1. The zero-order valence-electron chi connectivity index (χ0n) is 7.58. The van der Waals surface area contributed by atoms with Crippen molar-refractivity contribution in [2.45, 2.75) is 5.92 Å². The van der Waals surface area contributed by atoms with Crippen molar-refractivity contribution in [3.8, 4) is 0 Å². The molecule has 0 saturated heterocycles. The number of halogens is 3. The van der Waals surface area contributed by atoms with Crippen LogP contribution in [0.25, 0.3) is 0 Å². The fourth-order valence-corrected chi connectivity index (χ4v) is 1.79. The third kappa shape index (κ3) is 2.40. The Bertz CT molecular complexity index is 444. The van der Waals surface area contributed by atoms with Gasteiger partial charge in [0.2, 0.25) is 0 Å². The van der Waals surface area contributed by atoms with Crippen LogP contribution in [-0.4, -0.2) is 22.2 Å². The molecule has 0 amide bonds. The van der Waals surface area contributed by atoms with Crippen molar-refractivity contribution in [2.24, 2.45) is 0 Å². The normalized spacial score (nSPS) is 10.5. The third-order valence-corrected chi connectivity index (χ3v) is 3.18. The molecule has 0 saturated carbocycles. The van der Waals surface area contributed by atoms with E-state index < -0.39 is 17.9 Å². The van der Waals surface area contributed by atoms with Gasteiger partial charge in [-0.2, -0.15) is 0 Å². The number of hydrogen-bond donors (Lipinski definition) is 2. The Kier molecular flexibility index (Phi) is 4.02. The number of rotatable bonds is 3. The quantitative estimate of drug-likeness (QED) is 0.660. The molecule has 0 spiro atoms. The van der Waals surface area contributed by atoms with Crippen LogP contribution < -0.4 is 0 Å². The van der Waals surface area contributed by atoms with Gasteiger partial charge in [0.25, 0.3) is 0 Å². The Hall–Kier alpha value is -0.970. The molecule has 0 radical (unpaired) electrons. The Balaban J connectivity index is 3.37. The van der Waals surface area contributed by atoms with E-state index >= 15 is 0 Å². The van der Waals surface area contributed by atoms with Gasteiger partial charge in [-0.15, -0.1) is 0 Å². The van der Waals surface area contributed by atoms with Crippen LogP contribution in [0.15, 0.2) is 12.1 Å². The minimum absolute atomic E-state index is 0.0617. The maximum atomic E-state index is 10.8. The molecule has 2 N–H and O–H groups in total. The van der Waals surface area contributed by atoms with Crippen LogP contribution >= 0.6 is 34.8 Å². The summed E-state index contributed by atoms with van der Waals surface area (Å²) in [5.74, 6) is -4.80.